The number of aryl methyl sites for hydroxylation is 1. The standard InChI is InChI=1S/C15H23N/c1-12-5-6-13-7-8-16(10-14(13)9-12)11-15(2,3)4/h5-6,9H,7-8,10-11H2,1-4H3. The predicted molar refractivity (Wildman–Crippen MR) is 69.6 cm³/mol. The maximum atomic E-state index is 2.59. The maximum Gasteiger partial charge on any atom is 0.0236 e. The van der Waals surface area contributed by atoms with Gasteiger partial charge < -0.3 is 0 Å². The van der Waals surface area contributed by atoms with Gasteiger partial charge in [-0.25, -0.2) is 0 Å². The van der Waals surface area contributed by atoms with Crippen molar-refractivity contribution in [1.82, 2.24) is 4.90 Å². The minimum atomic E-state index is 0.404. The van der Waals surface area contributed by atoms with Crippen LogP contribution in [0.5, 0.6) is 0 Å². The molecule has 0 fully saturated rings. The van der Waals surface area contributed by atoms with Crippen molar-refractivity contribution in [1.29, 1.82) is 0 Å². The van der Waals surface area contributed by atoms with Gasteiger partial charge in [0.15, 0.2) is 0 Å². The van der Waals surface area contributed by atoms with Gasteiger partial charge >= 0.3 is 0 Å². The minimum Gasteiger partial charge on any atom is -0.298 e. The van der Waals surface area contributed by atoms with E-state index in [1.165, 1.54) is 30.6 Å². The molecule has 1 aromatic rings. The molecule has 0 bridgehead atoms. The zero-order valence-electron chi connectivity index (χ0n) is 11.0. The van der Waals surface area contributed by atoms with Crippen LogP contribution >= 0.6 is 0 Å². The highest BCUT2D eigenvalue weighted by Gasteiger charge is 2.20. The molecule has 0 radical (unpaired) electrons. The van der Waals surface area contributed by atoms with E-state index in [9.17, 15) is 0 Å². The first-order chi connectivity index (χ1) is 7.44. The molecule has 1 aliphatic heterocycles. The fraction of sp³-hybridized carbons (Fsp3) is 0.600. The summed E-state index contributed by atoms with van der Waals surface area (Å²) in [4.78, 5) is 2.59. The van der Waals surface area contributed by atoms with Crippen molar-refractivity contribution in [2.45, 2.75) is 40.7 Å². The number of hydrogen-bond acceptors (Lipinski definition) is 1. The van der Waals surface area contributed by atoms with Crippen LogP contribution in [0.4, 0.5) is 0 Å². The van der Waals surface area contributed by atoms with Crippen LogP contribution in [0.2, 0.25) is 0 Å². The number of nitrogens with zero attached hydrogens (tertiary/aromatic N) is 1. The van der Waals surface area contributed by atoms with Crippen molar-refractivity contribution < 1.29 is 0 Å². The normalized spacial score (nSPS) is 17.2. The zero-order chi connectivity index (χ0) is 11.8. The molecule has 16 heavy (non-hydrogen) atoms. The molecule has 1 nitrogen and oxygen atoms in total. The number of rotatable bonds is 1. The third-order valence-corrected chi connectivity index (χ3v) is 3.15. The molecule has 1 aliphatic rings. The first-order valence-corrected chi connectivity index (χ1v) is 6.25. The van der Waals surface area contributed by atoms with Crippen molar-refractivity contribution in [3.05, 3.63) is 34.9 Å². The van der Waals surface area contributed by atoms with E-state index in [2.05, 4.69) is 50.8 Å². The van der Waals surface area contributed by atoms with Gasteiger partial charge in [-0.15, -0.1) is 0 Å². The van der Waals surface area contributed by atoms with E-state index in [1.54, 1.807) is 5.56 Å². The third kappa shape index (κ3) is 2.85. The van der Waals surface area contributed by atoms with Crippen LogP contribution in [-0.2, 0) is 13.0 Å². The highest BCUT2D eigenvalue weighted by Crippen LogP contribution is 2.23. The van der Waals surface area contributed by atoms with E-state index in [-0.39, 0.29) is 0 Å². The maximum absolute atomic E-state index is 2.59. The van der Waals surface area contributed by atoms with E-state index >= 15 is 0 Å². The van der Waals surface area contributed by atoms with E-state index in [0.717, 1.165) is 6.54 Å². The lowest BCUT2D eigenvalue weighted by atomic mass is 9.92. The van der Waals surface area contributed by atoms with Gasteiger partial charge in [0, 0.05) is 19.6 Å². The Bertz CT molecular complexity index is 374. The molecule has 2 rings (SSSR count). The molecule has 0 spiro atoms. The van der Waals surface area contributed by atoms with Crippen molar-refractivity contribution in [3.63, 3.8) is 0 Å². The van der Waals surface area contributed by atoms with E-state index in [0.29, 0.717) is 5.41 Å². The summed E-state index contributed by atoms with van der Waals surface area (Å²) in [5.74, 6) is 0. The summed E-state index contributed by atoms with van der Waals surface area (Å²) in [7, 11) is 0. The highest BCUT2D eigenvalue weighted by molar-refractivity contribution is 5.33. The predicted octanol–water partition coefficient (Wildman–Crippen LogP) is 3.40. The summed E-state index contributed by atoms with van der Waals surface area (Å²) >= 11 is 0. The Hall–Kier alpha value is -0.820. The van der Waals surface area contributed by atoms with Gasteiger partial charge in [-0.2, -0.15) is 0 Å². The fourth-order valence-corrected chi connectivity index (χ4v) is 2.55. The third-order valence-electron chi connectivity index (χ3n) is 3.15. The fourth-order valence-electron chi connectivity index (χ4n) is 2.55. The Morgan fingerprint density at radius 1 is 1.19 bits per heavy atom. The summed E-state index contributed by atoms with van der Waals surface area (Å²) in [6.45, 7) is 12.7. The Labute approximate surface area is 99.5 Å². The largest absolute Gasteiger partial charge is 0.298 e. The monoisotopic (exact) mass is 217 g/mol. The lowest BCUT2D eigenvalue weighted by Gasteiger charge is -2.34. The van der Waals surface area contributed by atoms with Crippen molar-refractivity contribution in [2.24, 2.45) is 5.41 Å². The van der Waals surface area contributed by atoms with Crippen molar-refractivity contribution in [2.75, 3.05) is 13.1 Å². The smallest absolute Gasteiger partial charge is 0.0236 e. The van der Waals surface area contributed by atoms with Crippen LogP contribution < -0.4 is 0 Å². The molecule has 0 saturated carbocycles. The van der Waals surface area contributed by atoms with Gasteiger partial charge in [-0.3, -0.25) is 4.90 Å². The highest BCUT2D eigenvalue weighted by atomic mass is 15.1. The Morgan fingerprint density at radius 2 is 1.94 bits per heavy atom. The van der Waals surface area contributed by atoms with Crippen molar-refractivity contribution >= 4 is 0 Å². The second-order valence-electron chi connectivity index (χ2n) is 6.29. The van der Waals surface area contributed by atoms with E-state index < -0.39 is 0 Å². The molecule has 0 amide bonds. The molecule has 0 aliphatic carbocycles. The van der Waals surface area contributed by atoms with Gasteiger partial charge in [-0.05, 0) is 29.9 Å². The lowest BCUT2D eigenvalue weighted by molar-refractivity contribution is 0.177. The molecule has 0 unspecified atom stereocenters. The van der Waals surface area contributed by atoms with E-state index in [1.807, 2.05) is 0 Å². The Morgan fingerprint density at radius 3 is 2.62 bits per heavy atom. The molecule has 88 valence electrons. The van der Waals surface area contributed by atoms with Gasteiger partial charge in [0.25, 0.3) is 0 Å². The van der Waals surface area contributed by atoms with Crippen LogP contribution in [0.25, 0.3) is 0 Å². The molecule has 1 heteroatoms. The molecule has 0 atom stereocenters. The summed E-state index contributed by atoms with van der Waals surface area (Å²) < 4.78 is 0. The van der Waals surface area contributed by atoms with Gasteiger partial charge in [0.1, 0.15) is 0 Å². The number of hydrogen-bond donors (Lipinski definition) is 0. The molecule has 1 aromatic carbocycles. The first kappa shape index (κ1) is 11.7. The van der Waals surface area contributed by atoms with Crippen LogP contribution in [0.3, 0.4) is 0 Å². The Balaban J connectivity index is 2.11. The second-order valence-corrected chi connectivity index (χ2v) is 6.29. The van der Waals surface area contributed by atoms with Gasteiger partial charge in [-0.1, -0.05) is 44.5 Å². The number of fused-ring (bicyclic) bond motifs is 1. The number of benzene rings is 1. The van der Waals surface area contributed by atoms with Crippen LogP contribution in [0, 0.1) is 12.3 Å². The quantitative estimate of drug-likeness (QED) is 0.697. The molecular weight excluding hydrogens is 194 g/mol. The molecule has 0 aromatic heterocycles. The average Bonchev–Trinajstić information content (AvgIpc) is 2.14. The first-order valence-electron chi connectivity index (χ1n) is 6.25. The summed E-state index contributed by atoms with van der Waals surface area (Å²) in [6, 6.07) is 6.89. The second kappa shape index (κ2) is 4.21. The summed E-state index contributed by atoms with van der Waals surface area (Å²) in [5.41, 5.74) is 4.88. The minimum absolute atomic E-state index is 0.404. The molecule has 0 N–H and O–H groups in total. The molecule has 0 saturated heterocycles. The zero-order valence-corrected chi connectivity index (χ0v) is 11.0. The topological polar surface area (TPSA) is 3.24 Å². The van der Waals surface area contributed by atoms with Crippen molar-refractivity contribution in [3.8, 4) is 0 Å². The molecule has 1 heterocycles. The lowest BCUT2D eigenvalue weighted by Crippen LogP contribution is -2.36. The Kier molecular flexibility index (Phi) is 3.07. The summed E-state index contributed by atoms with van der Waals surface area (Å²) in [6.07, 6.45) is 1.21. The van der Waals surface area contributed by atoms with Crippen LogP contribution in [0.15, 0.2) is 18.2 Å². The van der Waals surface area contributed by atoms with Crippen LogP contribution in [-0.4, -0.2) is 18.0 Å². The van der Waals surface area contributed by atoms with Crippen LogP contribution in [0.1, 0.15) is 37.5 Å². The van der Waals surface area contributed by atoms with E-state index in [4.69, 9.17) is 0 Å². The summed E-state index contributed by atoms with van der Waals surface area (Å²) in [5, 5.41) is 0. The van der Waals surface area contributed by atoms with Gasteiger partial charge in [0.2, 0.25) is 0 Å². The average molecular weight is 217 g/mol. The van der Waals surface area contributed by atoms with Gasteiger partial charge in [0.05, 0.1) is 0 Å². The molecular formula is C15H23N. The SMILES string of the molecule is Cc1ccc2c(c1)CN(CC(C)(C)C)CC2.